The predicted molar refractivity (Wildman–Crippen MR) is 52.2 cm³/mol. The van der Waals surface area contributed by atoms with Crippen molar-refractivity contribution in [2.24, 2.45) is 11.3 Å². The van der Waals surface area contributed by atoms with E-state index in [0.717, 1.165) is 11.3 Å². The van der Waals surface area contributed by atoms with Crippen LogP contribution in [0.15, 0.2) is 0 Å². The molecule has 2 aliphatic rings. The van der Waals surface area contributed by atoms with Crippen LogP contribution in [0, 0.1) is 11.3 Å². The van der Waals surface area contributed by atoms with Crippen LogP contribution < -0.4 is 5.32 Å². The van der Waals surface area contributed by atoms with Crippen LogP contribution in [-0.4, -0.2) is 13.1 Å². The van der Waals surface area contributed by atoms with Gasteiger partial charge in [-0.1, -0.05) is 19.8 Å². The van der Waals surface area contributed by atoms with Crippen LogP contribution in [-0.2, 0) is 0 Å². The minimum atomic E-state index is 0.753. The van der Waals surface area contributed by atoms with Gasteiger partial charge in [0.15, 0.2) is 0 Å². The molecular formula is C11H21N. The van der Waals surface area contributed by atoms with Gasteiger partial charge in [0, 0.05) is 0 Å². The fourth-order valence-corrected chi connectivity index (χ4v) is 3.21. The Labute approximate surface area is 75.9 Å². The summed E-state index contributed by atoms with van der Waals surface area (Å²) in [5, 5.41) is 3.52. The van der Waals surface area contributed by atoms with Crippen LogP contribution in [0.4, 0.5) is 0 Å². The molecular weight excluding hydrogens is 146 g/mol. The van der Waals surface area contributed by atoms with Crippen LogP contribution in [0.1, 0.15) is 45.4 Å². The zero-order valence-electron chi connectivity index (χ0n) is 8.23. The Hall–Kier alpha value is -0.0400. The van der Waals surface area contributed by atoms with Gasteiger partial charge in [0.2, 0.25) is 0 Å². The van der Waals surface area contributed by atoms with E-state index in [1.807, 2.05) is 0 Å². The number of rotatable bonds is 0. The molecule has 1 N–H and O–H groups in total. The van der Waals surface area contributed by atoms with Crippen molar-refractivity contribution in [1.82, 2.24) is 5.32 Å². The number of nitrogens with one attached hydrogen (secondary N) is 1. The Morgan fingerprint density at radius 2 is 1.92 bits per heavy atom. The summed E-state index contributed by atoms with van der Waals surface area (Å²) < 4.78 is 0. The van der Waals surface area contributed by atoms with Gasteiger partial charge in [-0.2, -0.15) is 0 Å². The van der Waals surface area contributed by atoms with Crippen LogP contribution in [0.25, 0.3) is 0 Å². The highest BCUT2D eigenvalue weighted by atomic mass is 14.9. The lowest BCUT2D eigenvalue weighted by Gasteiger charge is -2.32. The minimum absolute atomic E-state index is 0.753. The molecule has 2 atom stereocenters. The molecule has 1 saturated heterocycles. The number of hydrogen-bond acceptors (Lipinski definition) is 1. The van der Waals surface area contributed by atoms with Crippen LogP contribution in [0.2, 0.25) is 0 Å². The molecule has 0 aromatic heterocycles. The molecule has 0 aromatic rings. The van der Waals surface area contributed by atoms with Gasteiger partial charge in [-0.15, -0.1) is 0 Å². The molecule has 0 bridgehead atoms. The summed E-state index contributed by atoms with van der Waals surface area (Å²) in [6.45, 7) is 5.00. The first kappa shape index (κ1) is 8.55. The van der Waals surface area contributed by atoms with Gasteiger partial charge in [0.1, 0.15) is 0 Å². The van der Waals surface area contributed by atoms with Gasteiger partial charge in [0.25, 0.3) is 0 Å². The van der Waals surface area contributed by atoms with Crippen LogP contribution in [0.3, 0.4) is 0 Å². The second kappa shape index (κ2) is 3.37. The van der Waals surface area contributed by atoms with Gasteiger partial charge >= 0.3 is 0 Å². The van der Waals surface area contributed by atoms with Crippen molar-refractivity contribution in [3.63, 3.8) is 0 Å². The summed E-state index contributed by atoms with van der Waals surface area (Å²) in [6.07, 6.45) is 8.82. The molecule has 1 heterocycles. The molecule has 1 nitrogen and oxygen atoms in total. The molecule has 2 fully saturated rings. The lowest BCUT2D eigenvalue weighted by atomic mass is 9.73. The lowest BCUT2D eigenvalue weighted by molar-refractivity contribution is 0.187. The standard InChI is InChI=1S/C11H21N/c1-10-4-2-5-11(10)6-3-8-12-9-7-11/h10,12H,2-9H2,1H3/t10-,11+/m0/s1. The van der Waals surface area contributed by atoms with E-state index in [9.17, 15) is 0 Å². The first-order valence-corrected chi connectivity index (χ1v) is 5.54. The average molecular weight is 167 g/mol. The van der Waals surface area contributed by atoms with E-state index < -0.39 is 0 Å². The average Bonchev–Trinajstić information content (AvgIpc) is 2.33. The summed E-state index contributed by atoms with van der Waals surface area (Å²) in [6, 6.07) is 0. The molecule has 1 aliphatic heterocycles. The van der Waals surface area contributed by atoms with Gasteiger partial charge in [-0.05, 0) is 50.1 Å². The van der Waals surface area contributed by atoms with Gasteiger partial charge in [-0.25, -0.2) is 0 Å². The first-order valence-electron chi connectivity index (χ1n) is 5.54. The zero-order valence-corrected chi connectivity index (χ0v) is 8.23. The van der Waals surface area contributed by atoms with Gasteiger partial charge < -0.3 is 5.32 Å². The second-order valence-corrected chi connectivity index (χ2v) is 4.76. The smallest absolute Gasteiger partial charge is 0.00435 e. The van der Waals surface area contributed by atoms with Crippen molar-refractivity contribution in [2.45, 2.75) is 45.4 Å². The SMILES string of the molecule is C[C@H]1CCC[C@]12CCCNCC2. The molecule has 70 valence electrons. The van der Waals surface area contributed by atoms with E-state index in [4.69, 9.17) is 0 Å². The molecule has 0 radical (unpaired) electrons. The molecule has 0 aromatic carbocycles. The molecule has 0 amide bonds. The Balaban J connectivity index is 2.05. The Bertz CT molecular complexity index is 145. The van der Waals surface area contributed by atoms with Crippen molar-refractivity contribution in [2.75, 3.05) is 13.1 Å². The van der Waals surface area contributed by atoms with E-state index in [0.29, 0.717) is 0 Å². The molecule has 1 heteroatoms. The van der Waals surface area contributed by atoms with Gasteiger partial charge in [0.05, 0.1) is 0 Å². The summed E-state index contributed by atoms with van der Waals surface area (Å²) in [5.74, 6) is 0.998. The Morgan fingerprint density at radius 3 is 2.67 bits per heavy atom. The zero-order chi connectivity index (χ0) is 8.44. The quantitative estimate of drug-likeness (QED) is 0.584. The highest BCUT2D eigenvalue weighted by molar-refractivity contribution is 4.91. The van der Waals surface area contributed by atoms with Gasteiger partial charge in [-0.3, -0.25) is 0 Å². The van der Waals surface area contributed by atoms with E-state index in [-0.39, 0.29) is 0 Å². The third-order valence-electron chi connectivity index (χ3n) is 4.19. The maximum Gasteiger partial charge on any atom is -0.00435 e. The van der Waals surface area contributed by atoms with Crippen molar-refractivity contribution in [3.8, 4) is 0 Å². The van der Waals surface area contributed by atoms with E-state index in [1.165, 1.54) is 51.6 Å². The van der Waals surface area contributed by atoms with Crippen molar-refractivity contribution < 1.29 is 0 Å². The van der Waals surface area contributed by atoms with E-state index in [2.05, 4.69) is 12.2 Å². The third kappa shape index (κ3) is 1.39. The first-order chi connectivity index (χ1) is 5.83. The maximum absolute atomic E-state index is 3.52. The monoisotopic (exact) mass is 167 g/mol. The lowest BCUT2D eigenvalue weighted by Crippen LogP contribution is -2.25. The van der Waals surface area contributed by atoms with Crippen molar-refractivity contribution >= 4 is 0 Å². The molecule has 2 rings (SSSR count). The van der Waals surface area contributed by atoms with E-state index >= 15 is 0 Å². The molecule has 1 saturated carbocycles. The summed E-state index contributed by atoms with van der Waals surface area (Å²) in [5.41, 5.74) is 0.753. The predicted octanol–water partition coefficient (Wildman–Crippen LogP) is 2.57. The van der Waals surface area contributed by atoms with Crippen molar-refractivity contribution in [3.05, 3.63) is 0 Å². The molecule has 1 spiro atoms. The highest BCUT2D eigenvalue weighted by Crippen LogP contribution is 2.49. The van der Waals surface area contributed by atoms with E-state index in [1.54, 1.807) is 0 Å². The second-order valence-electron chi connectivity index (χ2n) is 4.76. The van der Waals surface area contributed by atoms with Crippen LogP contribution in [0.5, 0.6) is 0 Å². The molecule has 1 aliphatic carbocycles. The minimum Gasteiger partial charge on any atom is -0.317 e. The Kier molecular flexibility index (Phi) is 2.40. The normalized spacial score (nSPS) is 43.2. The molecule has 12 heavy (non-hydrogen) atoms. The fourth-order valence-electron chi connectivity index (χ4n) is 3.21. The highest BCUT2D eigenvalue weighted by Gasteiger charge is 2.39. The Morgan fingerprint density at radius 1 is 1.08 bits per heavy atom. The van der Waals surface area contributed by atoms with Crippen molar-refractivity contribution in [1.29, 1.82) is 0 Å². The fraction of sp³-hybridized carbons (Fsp3) is 1.00. The largest absolute Gasteiger partial charge is 0.317 e. The topological polar surface area (TPSA) is 12.0 Å². The maximum atomic E-state index is 3.52. The molecule has 0 unspecified atom stereocenters. The summed E-state index contributed by atoms with van der Waals surface area (Å²) in [7, 11) is 0. The summed E-state index contributed by atoms with van der Waals surface area (Å²) >= 11 is 0. The number of hydrogen-bond donors (Lipinski definition) is 1. The third-order valence-corrected chi connectivity index (χ3v) is 4.19. The summed E-state index contributed by atoms with van der Waals surface area (Å²) in [4.78, 5) is 0. The van der Waals surface area contributed by atoms with Crippen LogP contribution >= 0.6 is 0 Å².